The number of nitrogens with one attached hydrogen (secondary N) is 1. The number of halogens is 3. The van der Waals surface area contributed by atoms with E-state index >= 15 is 4.39 Å². The molecule has 1 atom stereocenters. The molecule has 0 spiro atoms. The van der Waals surface area contributed by atoms with E-state index in [1.807, 2.05) is 0 Å². The van der Waals surface area contributed by atoms with Crippen molar-refractivity contribution in [2.45, 2.75) is 19.4 Å². The molecule has 4 N–H and O–H groups in total. The summed E-state index contributed by atoms with van der Waals surface area (Å²) in [5.74, 6) is -4.49. The Morgan fingerprint density at radius 3 is 2.68 bits per heavy atom. The minimum Gasteiger partial charge on any atom is -0.477 e. The predicted molar refractivity (Wildman–Crippen MR) is 107 cm³/mol. The van der Waals surface area contributed by atoms with E-state index in [1.165, 1.54) is 6.92 Å². The van der Waals surface area contributed by atoms with Crippen LogP contribution in [0.15, 0.2) is 29.2 Å². The normalized spacial score (nSPS) is 16.7. The van der Waals surface area contributed by atoms with Gasteiger partial charge in [-0.05, 0) is 25.5 Å². The molecule has 1 aliphatic heterocycles. The van der Waals surface area contributed by atoms with E-state index in [-0.39, 0.29) is 34.1 Å². The zero-order valence-electron chi connectivity index (χ0n) is 16.3. The number of carbonyl (C=O) groups is 1. The van der Waals surface area contributed by atoms with Crippen molar-refractivity contribution in [2.75, 3.05) is 18.5 Å². The molecule has 11 heteroatoms. The molecule has 0 radical (unpaired) electrons. The number of rotatable bonds is 4. The van der Waals surface area contributed by atoms with E-state index in [0.717, 1.165) is 22.9 Å². The van der Waals surface area contributed by atoms with Crippen molar-refractivity contribution in [1.29, 1.82) is 0 Å². The largest absolute Gasteiger partial charge is 0.477 e. The van der Waals surface area contributed by atoms with E-state index < -0.39 is 34.4 Å². The third-order valence-corrected chi connectivity index (χ3v) is 5.20. The number of hydrogen-bond donors (Lipinski definition) is 3. The number of hydrazine groups is 1. The topological polar surface area (TPSA) is 113 Å². The van der Waals surface area contributed by atoms with E-state index in [9.17, 15) is 23.5 Å². The summed E-state index contributed by atoms with van der Waals surface area (Å²) in [6, 6.07) is 2.57. The first-order valence-corrected chi connectivity index (χ1v) is 9.38. The number of hydrogen-bond acceptors (Lipinski definition) is 6. The van der Waals surface area contributed by atoms with Crippen molar-refractivity contribution in [3.63, 3.8) is 0 Å². The first-order valence-electron chi connectivity index (χ1n) is 9.38. The second-order valence-corrected chi connectivity index (χ2v) is 7.35. The van der Waals surface area contributed by atoms with Crippen molar-refractivity contribution in [3.8, 4) is 5.69 Å². The number of benzene rings is 1. The van der Waals surface area contributed by atoms with Gasteiger partial charge in [-0.1, -0.05) is 0 Å². The molecule has 0 amide bonds. The maximum absolute atomic E-state index is 15.1. The van der Waals surface area contributed by atoms with Gasteiger partial charge in [-0.25, -0.2) is 28.0 Å². The Hall–Kier alpha value is -3.44. The zero-order valence-corrected chi connectivity index (χ0v) is 16.3. The zero-order chi connectivity index (χ0) is 22.4. The fraction of sp³-hybridized carbons (Fsp3) is 0.250. The maximum Gasteiger partial charge on any atom is 0.341 e. The average molecular weight is 433 g/mol. The molecule has 1 fully saturated rings. The van der Waals surface area contributed by atoms with Crippen molar-refractivity contribution < 1.29 is 23.1 Å². The molecule has 2 aromatic heterocycles. The molecule has 0 saturated carbocycles. The molecular formula is C20H18F3N5O3. The number of pyridine rings is 2. The van der Waals surface area contributed by atoms with Crippen molar-refractivity contribution in [2.24, 2.45) is 5.73 Å². The number of carboxylic acid groups (broad SMARTS) is 1. The van der Waals surface area contributed by atoms with Gasteiger partial charge < -0.3 is 16.3 Å². The Morgan fingerprint density at radius 2 is 2.06 bits per heavy atom. The van der Waals surface area contributed by atoms with Gasteiger partial charge in [0.1, 0.15) is 17.2 Å². The number of anilines is 1. The summed E-state index contributed by atoms with van der Waals surface area (Å²) in [7, 11) is 0. The second kappa shape index (κ2) is 7.67. The predicted octanol–water partition coefficient (Wildman–Crippen LogP) is 2.17. The van der Waals surface area contributed by atoms with Crippen LogP contribution in [0.1, 0.15) is 22.3 Å². The van der Waals surface area contributed by atoms with Gasteiger partial charge in [-0.2, -0.15) is 0 Å². The van der Waals surface area contributed by atoms with Crippen LogP contribution in [0.25, 0.3) is 16.7 Å². The van der Waals surface area contributed by atoms with E-state index in [2.05, 4.69) is 10.4 Å². The van der Waals surface area contributed by atoms with E-state index in [0.29, 0.717) is 25.6 Å². The third-order valence-electron chi connectivity index (χ3n) is 5.20. The minimum absolute atomic E-state index is 0.0956. The fourth-order valence-corrected chi connectivity index (χ4v) is 3.62. The standard InChI is InChI=1S/C20H18F3N5O3/c1-9-15-17(29)12(20(30)31)8-28(14-3-2-10(21)6-13(14)22)19(15)25-18(16(9)23)26-27-5-4-11(24)7-27/h2-3,6,8,11H,4-5,7,24H2,1H3,(H,25,26)(H,30,31). The quantitative estimate of drug-likeness (QED) is 0.578. The fourth-order valence-electron chi connectivity index (χ4n) is 3.62. The van der Waals surface area contributed by atoms with Gasteiger partial charge in [0.2, 0.25) is 5.43 Å². The number of fused-ring (bicyclic) bond motifs is 1. The summed E-state index contributed by atoms with van der Waals surface area (Å²) in [5, 5.41) is 10.8. The molecule has 1 unspecified atom stereocenters. The highest BCUT2D eigenvalue weighted by Gasteiger charge is 2.25. The minimum atomic E-state index is -1.57. The van der Waals surface area contributed by atoms with Gasteiger partial charge in [-0.15, -0.1) is 0 Å². The summed E-state index contributed by atoms with van der Waals surface area (Å²) < 4.78 is 44.0. The van der Waals surface area contributed by atoms with Crippen LogP contribution in [0.4, 0.5) is 19.0 Å². The first kappa shape index (κ1) is 20.8. The van der Waals surface area contributed by atoms with Gasteiger partial charge >= 0.3 is 5.97 Å². The SMILES string of the molecule is Cc1c(F)c(NN2CCC(N)C2)nc2c1c(=O)c(C(=O)O)cn2-c1ccc(F)cc1F. The highest BCUT2D eigenvalue weighted by atomic mass is 19.1. The summed E-state index contributed by atoms with van der Waals surface area (Å²) in [6.45, 7) is 2.28. The number of aromatic nitrogens is 2. The molecular weight excluding hydrogens is 415 g/mol. The van der Waals surface area contributed by atoms with Crippen LogP contribution >= 0.6 is 0 Å². The highest BCUT2D eigenvalue weighted by Crippen LogP contribution is 2.27. The van der Waals surface area contributed by atoms with Gasteiger partial charge in [0.15, 0.2) is 17.3 Å². The maximum atomic E-state index is 15.1. The smallest absolute Gasteiger partial charge is 0.341 e. The molecule has 0 aliphatic carbocycles. The lowest BCUT2D eigenvalue weighted by Gasteiger charge is -2.20. The van der Waals surface area contributed by atoms with Crippen LogP contribution in [0.5, 0.6) is 0 Å². The van der Waals surface area contributed by atoms with Crippen molar-refractivity contribution in [1.82, 2.24) is 14.6 Å². The van der Waals surface area contributed by atoms with Crippen molar-refractivity contribution >= 4 is 22.8 Å². The lowest BCUT2D eigenvalue weighted by atomic mass is 10.1. The lowest BCUT2D eigenvalue weighted by Crippen LogP contribution is -2.32. The summed E-state index contributed by atoms with van der Waals surface area (Å²) in [6.07, 6.45) is 1.58. The number of carboxylic acids is 1. The number of nitrogens with two attached hydrogens (primary N) is 1. The van der Waals surface area contributed by atoms with Crippen LogP contribution in [0, 0.1) is 24.4 Å². The molecule has 1 saturated heterocycles. The Morgan fingerprint density at radius 1 is 1.32 bits per heavy atom. The molecule has 3 heterocycles. The van der Waals surface area contributed by atoms with Crippen LogP contribution in [-0.4, -0.2) is 44.8 Å². The summed E-state index contributed by atoms with van der Waals surface area (Å²) in [4.78, 5) is 28.5. The lowest BCUT2D eigenvalue weighted by molar-refractivity contribution is 0.0695. The number of aromatic carboxylic acids is 1. The third kappa shape index (κ3) is 3.62. The van der Waals surface area contributed by atoms with Gasteiger partial charge in [0.25, 0.3) is 0 Å². The monoisotopic (exact) mass is 433 g/mol. The van der Waals surface area contributed by atoms with Gasteiger partial charge in [0, 0.05) is 37.0 Å². The number of nitrogens with zero attached hydrogens (tertiary/aromatic N) is 3. The molecule has 0 bridgehead atoms. The molecule has 4 rings (SSSR count). The van der Waals surface area contributed by atoms with E-state index in [1.54, 1.807) is 5.01 Å². The molecule has 1 aliphatic rings. The Balaban J connectivity index is 2.01. The molecule has 162 valence electrons. The molecule has 1 aromatic carbocycles. The summed E-state index contributed by atoms with van der Waals surface area (Å²) in [5.41, 5.74) is 6.44. The van der Waals surface area contributed by atoms with Crippen LogP contribution in [0.3, 0.4) is 0 Å². The van der Waals surface area contributed by atoms with Crippen LogP contribution in [-0.2, 0) is 0 Å². The van der Waals surface area contributed by atoms with Crippen molar-refractivity contribution in [3.05, 3.63) is 63.2 Å². The van der Waals surface area contributed by atoms with Gasteiger partial charge in [0.05, 0.1) is 11.1 Å². The first-order chi connectivity index (χ1) is 14.7. The average Bonchev–Trinajstić information content (AvgIpc) is 3.11. The Bertz CT molecular complexity index is 1280. The highest BCUT2D eigenvalue weighted by molar-refractivity contribution is 5.93. The molecule has 3 aromatic rings. The molecule has 8 nitrogen and oxygen atoms in total. The number of aryl methyl sites for hydroxylation is 1. The Kier molecular flexibility index (Phi) is 5.15. The van der Waals surface area contributed by atoms with E-state index in [4.69, 9.17) is 5.73 Å². The summed E-state index contributed by atoms with van der Waals surface area (Å²) >= 11 is 0. The van der Waals surface area contributed by atoms with Crippen LogP contribution < -0.4 is 16.6 Å². The Labute approximate surface area is 173 Å². The molecule has 31 heavy (non-hydrogen) atoms. The second-order valence-electron chi connectivity index (χ2n) is 7.35. The van der Waals surface area contributed by atoms with Crippen LogP contribution in [0.2, 0.25) is 0 Å². The van der Waals surface area contributed by atoms with Gasteiger partial charge in [-0.3, -0.25) is 9.36 Å².